The Bertz CT molecular complexity index is 253. The molecular formula is C14H28N2. The maximum atomic E-state index is 6.12. The van der Waals surface area contributed by atoms with Crippen molar-refractivity contribution in [3.05, 3.63) is 0 Å². The first kappa shape index (κ1) is 12.4. The zero-order valence-electron chi connectivity index (χ0n) is 11.4. The van der Waals surface area contributed by atoms with E-state index in [1.54, 1.807) is 0 Å². The maximum absolute atomic E-state index is 6.12. The first-order valence-electron chi connectivity index (χ1n) is 6.69. The topological polar surface area (TPSA) is 52.0 Å². The molecular weight excluding hydrogens is 196 g/mol. The summed E-state index contributed by atoms with van der Waals surface area (Å²) < 4.78 is 0. The summed E-state index contributed by atoms with van der Waals surface area (Å²) in [6.45, 7) is 11.4. The van der Waals surface area contributed by atoms with E-state index in [1.807, 2.05) is 0 Å². The van der Waals surface area contributed by atoms with Crippen LogP contribution in [0, 0.1) is 21.7 Å². The number of hydrogen-bond donors (Lipinski definition) is 2. The van der Waals surface area contributed by atoms with E-state index < -0.39 is 0 Å². The van der Waals surface area contributed by atoms with Crippen LogP contribution in [0.5, 0.6) is 0 Å². The van der Waals surface area contributed by atoms with Gasteiger partial charge >= 0.3 is 0 Å². The molecule has 0 saturated heterocycles. The first-order valence-corrected chi connectivity index (χ1v) is 6.69. The second-order valence-electron chi connectivity index (χ2n) is 7.22. The summed E-state index contributed by atoms with van der Waals surface area (Å²) in [6, 6.07) is 0. The van der Waals surface area contributed by atoms with Crippen molar-refractivity contribution >= 4 is 0 Å². The molecule has 16 heavy (non-hydrogen) atoms. The third kappa shape index (κ3) is 1.06. The van der Waals surface area contributed by atoms with E-state index in [0.717, 1.165) is 13.1 Å². The van der Waals surface area contributed by atoms with Gasteiger partial charge in [0.1, 0.15) is 0 Å². The molecule has 2 bridgehead atoms. The average Bonchev–Trinajstić information content (AvgIpc) is 2.26. The SMILES string of the molecule is CC1(C)C2(CN)CCC(CN)(CC2)C1(C)C. The highest BCUT2D eigenvalue weighted by molar-refractivity contribution is 5.17. The van der Waals surface area contributed by atoms with Crippen LogP contribution >= 0.6 is 0 Å². The highest BCUT2D eigenvalue weighted by atomic mass is 14.8. The minimum atomic E-state index is 0.296. The lowest BCUT2D eigenvalue weighted by Gasteiger charge is -2.71. The third-order valence-corrected chi connectivity index (χ3v) is 7.16. The second-order valence-corrected chi connectivity index (χ2v) is 7.22. The van der Waals surface area contributed by atoms with Gasteiger partial charge in [-0.3, -0.25) is 0 Å². The van der Waals surface area contributed by atoms with E-state index >= 15 is 0 Å². The van der Waals surface area contributed by atoms with Crippen molar-refractivity contribution in [2.45, 2.75) is 53.4 Å². The second kappa shape index (κ2) is 3.23. The van der Waals surface area contributed by atoms with Gasteiger partial charge in [-0.25, -0.2) is 0 Å². The molecule has 0 aromatic rings. The molecule has 0 atom stereocenters. The van der Waals surface area contributed by atoms with Crippen molar-refractivity contribution in [1.82, 2.24) is 0 Å². The summed E-state index contributed by atoms with van der Waals surface area (Å²) in [5, 5.41) is 0. The molecule has 3 aliphatic carbocycles. The Morgan fingerprint density at radius 2 is 0.938 bits per heavy atom. The Labute approximate surface area is 100 Å². The van der Waals surface area contributed by atoms with E-state index in [1.165, 1.54) is 25.7 Å². The summed E-state index contributed by atoms with van der Waals surface area (Å²) in [6.07, 6.45) is 5.10. The summed E-state index contributed by atoms with van der Waals surface area (Å²) in [5.74, 6) is 0. The quantitative estimate of drug-likeness (QED) is 0.757. The molecule has 94 valence electrons. The van der Waals surface area contributed by atoms with E-state index in [9.17, 15) is 0 Å². The van der Waals surface area contributed by atoms with Gasteiger partial charge in [-0.2, -0.15) is 0 Å². The maximum Gasteiger partial charge on any atom is -0.00152 e. The lowest BCUT2D eigenvalue weighted by atomic mass is 9.34. The molecule has 0 unspecified atom stereocenters. The van der Waals surface area contributed by atoms with Crippen LogP contribution in [0.3, 0.4) is 0 Å². The molecule has 4 N–H and O–H groups in total. The molecule has 0 heterocycles. The summed E-state index contributed by atoms with van der Waals surface area (Å²) in [4.78, 5) is 0. The van der Waals surface area contributed by atoms with Crippen molar-refractivity contribution in [3.8, 4) is 0 Å². The van der Waals surface area contributed by atoms with Crippen LogP contribution in [0.2, 0.25) is 0 Å². The normalized spacial score (nSPS) is 44.6. The molecule has 3 fully saturated rings. The van der Waals surface area contributed by atoms with Gasteiger partial charge in [-0.1, -0.05) is 27.7 Å². The predicted molar refractivity (Wildman–Crippen MR) is 69.0 cm³/mol. The Morgan fingerprint density at radius 3 is 1.12 bits per heavy atom. The minimum Gasteiger partial charge on any atom is -0.330 e. The van der Waals surface area contributed by atoms with Crippen molar-refractivity contribution in [3.63, 3.8) is 0 Å². The van der Waals surface area contributed by atoms with Crippen LogP contribution in [0.25, 0.3) is 0 Å². The number of fused-ring (bicyclic) bond motifs is 3. The Balaban J connectivity index is 2.51. The van der Waals surface area contributed by atoms with Crippen LogP contribution in [-0.4, -0.2) is 13.1 Å². The van der Waals surface area contributed by atoms with Crippen LogP contribution in [0.15, 0.2) is 0 Å². The number of hydrogen-bond acceptors (Lipinski definition) is 2. The molecule has 3 aliphatic rings. The predicted octanol–water partition coefficient (Wildman–Crippen LogP) is 2.52. The van der Waals surface area contributed by atoms with Crippen molar-refractivity contribution in [2.24, 2.45) is 33.1 Å². The van der Waals surface area contributed by atoms with Crippen LogP contribution in [0.1, 0.15) is 53.4 Å². The molecule has 0 aromatic heterocycles. The Morgan fingerprint density at radius 1 is 0.688 bits per heavy atom. The van der Waals surface area contributed by atoms with Gasteiger partial charge in [0.15, 0.2) is 0 Å². The Kier molecular flexibility index (Phi) is 2.50. The van der Waals surface area contributed by atoms with Gasteiger partial charge in [-0.05, 0) is 60.4 Å². The molecule has 2 heteroatoms. The molecule has 3 saturated carbocycles. The summed E-state index contributed by atoms with van der Waals surface area (Å²) in [7, 11) is 0. The van der Waals surface area contributed by atoms with Crippen molar-refractivity contribution in [1.29, 1.82) is 0 Å². The number of rotatable bonds is 2. The zero-order chi connectivity index (χ0) is 12.2. The van der Waals surface area contributed by atoms with Crippen LogP contribution in [-0.2, 0) is 0 Å². The van der Waals surface area contributed by atoms with E-state index in [2.05, 4.69) is 27.7 Å². The third-order valence-electron chi connectivity index (χ3n) is 7.16. The Hall–Kier alpha value is -0.0800. The fourth-order valence-corrected chi connectivity index (χ4v) is 4.70. The van der Waals surface area contributed by atoms with Crippen LogP contribution in [0.4, 0.5) is 0 Å². The highest BCUT2D eigenvalue weighted by Crippen LogP contribution is 2.72. The monoisotopic (exact) mass is 224 g/mol. The van der Waals surface area contributed by atoms with E-state index in [0.29, 0.717) is 21.7 Å². The van der Waals surface area contributed by atoms with Crippen molar-refractivity contribution < 1.29 is 0 Å². The van der Waals surface area contributed by atoms with Gasteiger partial charge in [-0.15, -0.1) is 0 Å². The molecule has 0 aromatic carbocycles. The average molecular weight is 224 g/mol. The molecule has 2 nitrogen and oxygen atoms in total. The first-order chi connectivity index (χ1) is 7.29. The highest BCUT2D eigenvalue weighted by Gasteiger charge is 2.66. The smallest absolute Gasteiger partial charge is 0.00152 e. The minimum absolute atomic E-state index is 0.296. The van der Waals surface area contributed by atoms with Gasteiger partial charge in [0.2, 0.25) is 0 Å². The number of nitrogens with two attached hydrogens (primary N) is 2. The van der Waals surface area contributed by atoms with E-state index in [4.69, 9.17) is 11.5 Å². The summed E-state index contributed by atoms with van der Waals surface area (Å²) in [5.41, 5.74) is 13.5. The standard InChI is InChI=1S/C14H28N2/c1-11(2)12(3,4)14(10-16)7-5-13(11,9-15)6-8-14/h5-10,15-16H2,1-4H3. The molecule has 0 amide bonds. The lowest BCUT2D eigenvalue weighted by molar-refractivity contribution is -0.214. The van der Waals surface area contributed by atoms with Gasteiger partial charge in [0.25, 0.3) is 0 Å². The van der Waals surface area contributed by atoms with Gasteiger partial charge < -0.3 is 11.5 Å². The summed E-state index contributed by atoms with van der Waals surface area (Å²) >= 11 is 0. The fraction of sp³-hybridized carbons (Fsp3) is 1.00. The molecule has 0 spiro atoms. The molecule has 3 rings (SSSR count). The molecule has 0 radical (unpaired) electrons. The van der Waals surface area contributed by atoms with Gasteiger partial charge in [0.05, 0.1) is 0 Å². The van der Waals surface area contributed by atoms with E-state index in [-0.39, 0.29) is 0 Å². The zero-order valence-corrected chi connectivity index (χ0v) is 11.4. The van der Waals surface area contributed by atoms with Crippen molar-refractivity contribution in [2.75, 3.05) is 13.1 Å². The lowest BCUT2D eigenvalue weighted by Crippen LogP contribution is -2.67. The largest absolute Gasteiger partial charge is 0.330 e. The van der Waals surface area contributed by atoms with Gasteiger partial charge in [0, 0.05) is 0 Å². The molecule has 0 aliphatic heterocycles. The van der Waals surface area contributed by atoms with Crippen LogP contribution < -0.4 is 11.5 Å². The fourth-order valence-electron chi connectivity index (χ4n) is 4.70.